The number of fused-ring (bicyclic) bond motifs is 1. The fraction of sp³-hybridized carbons (Fsp3) is 0.200. The Labute approximate surface area is 169 Å². The maximum Gasteiger partial charge on any atom is 0.329 e. The fourth-order valence-corrected chi connectivity index (χ4v) is 3.37. The van der Waals surface area contributed by atoms with Crippen LogP contribution in [0, 0.1) is 0 Å². The van der Waals surface area contributed by atoms with E-state index in [1.807, 2.05) is 6.07 Å². The summed E-state index contributed by atoms with van der Waals surface area (Å²) in [5.74, 6) is 0.146. The summed E-state index contributed by atoms with van der Waals surface area (Å²) >= 11 is 0. The average Bonchev–Trinajstić information content (AvgIpc) is 3.47. The van der Waals surface area contributed by atoms with Crippen LogP contribution in [-0.2, 0) is 11.3 Å². The third-order valence-corrected chi connectivity index (χ3v) is 4.98. The van der Waals surface area contributed by atoms with Gasteiger partial charge in [0.15, 0.2) is 5.82 Å². The van der Waals surface area contributed by atoms with Crippen LogP contribution in [0.3, 0.4) is 0 Å². The highest BCUT2D eigenvalue weighted by molar-refractivity contribution is 5.91. The highest BCUT2D eigenvalue weighted by Gasteiger charge is 2.28. The molecular weight excluding hydrogens is 386 g/mol. The Bertz CT molecular complexity index is 1380. The second-order valence-corrected chi connectivity index (χ2v) is 7.17. The van der Waals surface area contributed by atoms with Crippen molar-refractivity contribution in [3.63, 3.8) is 0 Å². The quantitative estimate of drug-likeness (QED) is 0.517. The van der Waals surface area contributed by atoms with E-state index in [0.29, 0.717) is 28.5 Å². The molecular formula is C20H17N7O3. The van der Waals surface area contributed by atoms with Gasteiger partial charge in [-0.1, -0.05) is 24.3 Å². The molecule has 2 aromatic heterocycles. The molecule has 0 unspecified atom stereocenters. The van der Waals surface area contributed by atoms with Gasteiger partial charge in [-0.25, -0.2) is 9.48 Å². The maximum atomic E-state index is 12.6. The van der Waals surface area contributed by atoms with Gasteiger partial charge in [0.25, 0.3) is 5.56 Å². The summed E-state index contributed by atoms with van der Waals surface area (Å²) < 4.78 is 2.67. The number of hydrogen-bond donors (Lipinski definition) is 2. The van der Waals surface area contributed by atoms with Gasteiger partial charge in [-0.2, -0.15) is 0 Å². The van der Waals surface area contributed by atoms with E-state index in [0.717, 1.165) is 23.0 Å². The standard InChI is InChI=1S/C20H17N7O3/c28-17(11-26-19(29)15-6-1-2-7-16(15)22-20(26)30)21-13-5-3-4-12(10-13)18-23-24-25-27(18)14-8-9-14/h1-7,10,14H,8-9,11H2,(H,21,28)(H,22,30). The van der Waals surface area contributed by atoms with Crippen molar-refractivity contribution in [2.75, 3.05) is 5.32 Å². The van der Waals surface area contributed by atoms with E-state index in [-0.39, 0.29) is 0 Å². The lowest BCUT2D eigenvalue weighted by molar-refractivity contribution is -0.116. The molecule has 10 heteroatoms. The summed E-state index contributed by atoms with van der Waals surface area (Å²) in [6, 6.07) is 14.1. The molecule has 1 aliphatic rings. The number of carbonyl (C=O) groups excluding carboxylic acids is 1. The summed E-state index contributed by atoms with van der Waals surface area (Å²) in [4.78, 5) is 40.0. The van der Waals surface area contributed by atoms with Gasteiger partial charge in [-0.3, -0.25) is 14.2 Å². The lowest BCUT2D eigenvalue weighted by Crippen LogP contribution is -2.38. The van der Waals surface area contributed by atoms with Crippen molar-refractivity contribution >= 4 is 22.5 Å². The van der Waals surface area contributed by atoms with Crippen LogP contribution in [0.1, 0.15) is 18.9 Å². The van der Waals surface area contributed by atoms with Crippen molar-refractivity contribution in [2.24, 2.45) is 0 Å². The number of aromatic amines is 1. The average molecular weight is 403 g/mol. The summed E-state index contributed by atoms with van der Waals surface area (Å²) in [6.45, 7) is -0.400. The topological polar surface area (TPSA) is 128 Å². The van der Waals surface area contributed by atoms with Crippen molar-refractivity contribution in [1.29, 1.82) is 0 Å². The molecule has 5 rings (SSSR count). The minimum absolute atomic E-state index is 0.319. The molecule has 150 valence electrons. The van der Waals surface area contributed by atoms with E-state index >= 15 is 0 Å². The SMILES string of the molecule is O=C(Cn1c(=O)[nH]c2ccccc2c1=O)Nc1cccc(-c2nnnn2C2CC2)c1. The Hall–Kier alpha value is -4.08. The van der Waals surface area contributed by atoms with Crippen molar-refractivity contribution in [3.05, 3.63) is 69.4 Å². The Morgan fingerprint density at radius 1 is 1.13 bits per heavy atom. The predicted molar refractivity (Wildman–Crippen MR) is 109 cm³/mol. The molecule has 0 atom stereocenters. The Morgan fingerprint density at radius 2 is 1.97 bits per heavy atom. The first-order valence-electron chi connectivity index (χ1n) is 9.50. The van der Waals surface area contributed by atoms with Crippen molar-refractivity contribution in [2.45, 2.75) is 25.4 Å². The molecule has 2 aromatic carbocycles. The van der Waals surface area contributed by atoms with E-state index in [9.17, 15) is 14.4 Å². The van der Waals surface area contributed by atoms with Gasteiger partial charge in [0, 0.05) is 11.3 Å². The second-order valence-electron chi connectivity index (χ2n) is 7.17. The molecule has 0 bridgehead atoms. The number of benzene rings is 2. The number of tetrazole rings is 1. The van der Waals surface area contributed by atoms with Crippen molar-refractivity contribution < 1.29 is 4.79 Å². The Kier molecular flexibility index (Phi) is 4.24. The molecule has 1 aliphatic carbocycles. The van der Waals surface area contributed by atoms with Gasteiger partial charge in [0.1, 0.15) is 6.54 Å². The Morgan fingerprint density at radius 3 is 2.80 bits per heavy atom. The van der Waals surface area contributed by atoms with Gasteiger partial charge in [0.05, 0.1) is 16.9 Å². The third kappa shape index (κ3) is 3.28. The minimum Gasteiger partial charge on any atom is -0.325 e. The zero-order valence-corrected chi connectivity index (χ0v) is 15.8. The lowest BCUT2D eigenvalue weighted by atomic mass is 10.2. The van der Waals surface area contributed by atoms with Gasteiger partial charge in [-0.05, 0) is 47.5 Å². The summed E-state index contributed by atoms with van der Waals surface area (Å²) in [7, 11) is 0. The summed E-state index contributed by atoms with van der Waals surface area (Å²) in [6.07, 6.45) is 2.09. The van der Waals surface area contributed by atoms with Gasteiger partial charge >= 0.3 is 5.69 Å². The highest BCUT2D eigenvalue weighted by Crippen LogP contribution is 2.36. The van der Waals surface area contributed by atoms with E-state index in [1.54, 1.807) is 47.1 Å². The van der Waals surface area contributed by atoms with Crippen molar-refractivity contribution in [1.82, 2.24) is 29.8 Å². The third-order valence-electron chi connectivity index (χ3n) is 4.98. The van der Waals surface area contributed by atoms with Crippen LogP contribution in [0.5, 0.6) is 0 Å². The lowest BCUT2D eigenvalue weighted by Gasteiger charge is -2.09. The molecule has 1 amide bonds. The molecule has 0 aliphatic heterocycles. The first-order valence-corrected chi connectivity index (χ1v) is 9.50. The molecule has 0 spiro atoms. The molecule has 1 saturated carbocycles. The maximum absolute atomic E-state index is 12.6. The monoisotopic (exact) mass is 403 g/mol. The minimum atomic E-state index is -0.633. The largest absolute Gasteiger partial charge is 0.329 e. The highest BCUT2D eigenvalue weighted by atomic mass is 16.2. The number of aromatic nitrogens is 6. The molecule has 2 N–H and O–H groups in total. The first kappa shape index (κ1) is 18.0. The smallest absolute Gasteiger partial charge is 0.325 e. The molecule has 2 heterocycles. The van der Waals surface area contributed by atoms with Crippen LogP contribution >= 0.6 is 0 Å². The van der Waals surface area contributed by atoms with E-state index in [4.69, 9.17) is 0 Å². The first-order chi connectivity index (χ1) is 14.6. The zero-order valence-electron chi connectivity index (χ0n) is 15.8. The number of rotatable bonds is 5. The number of H-pyrrole nitrogens is 1. The van der Waals surface area contributed by atoms with Crippen LogP contribution in [0.15, 0.2) is 58.1 Å². The Balaban J connectivity index is 1.39. The number of nitrogens with one attached hydrogen (secondary N) is 2. The zero-order chi connectivity index (χ0) is 20.7. The normalized spacial score (nSPS) is 13.5. The van der Waals surface area contributed by atoms with Crippen LogP contribution in [-0.4, -0.2) is 35.7 Å². The van der Waals surface area contributed by atoms with Gasteiger partial charge in [0.2, 0.25) is 5.91 Å². The number of anilines is 1. The van der Waals surface area contributed by atoms with Crippen LogP contribution in [0.25, 0.3) is 22.3 Å². The number of amides is 1. The number of hydrogen-bond acceptors (Lipinski definition) is 6. The number of para-hydroxylation sites is 1. The summed E-state index contributed by atoms with van der Waals surface area (Å²) in [5, 5.41) is 14.9. The molecule has 1 fully saturated rings. The molecule has 10 nitrogen and oxygen atoms in total. The van der Waals surface area contributed by atoms with Gasteiger partial charge in [-0.15, -0.1) is 5.10 Å². The van der Waals surface area contributed by atoms with E-state index in [1.165, 1.54) is 0 Å². The molecule has 0 saturated heterocycles. The van der Waals surface area contributed by atoms with E-state index in [2.05, 4.69) is 25.8 Å². The number of carbonyl (C=O) groups is 1. The molecule has 30 heavy (non-hydrogen) atoms. The fourth-order valence-electron chi connectivity index (χ4n) is 3.37. The van der Waals surface area contributed by atoms with Crippen molar-refractivity contribution in [3.8, 4) is 11.4 Å². The van der Waals surface area contributed by atoms with Gasteiger partial charge < -0.3 is 10.3 Å². The molecule has 0 radical (unpaired) electrons. The number of nitrogens with zero attached hydrogens (tertiary/aromatic N) is 5. The van der Waals surface area contributed by atoms with Crippen LogP contribution in [0.4, 0.5) is 5.69 Å². The molecule has 4 aromatic rings. The van der Waals surface area contributed by atoms with Crippen LogP contribution < -0.4 is 16.6 Å². The van der Waals surface area contributed by atoms with E-state index < -0.39 is 23.7 Å². The second kappa shape index (κ2) is 7.07. The van der Waals surface area contributed by atoms with Crippen LogP contribution in [0.2, 0.25) is 0 Å². The predicted octanol–water partition coefficient (Wildman–Crippen LogP) is 1.32. The summed E-state index contributed by atoms with van der Waals surface area (Å²) in [5.41, 5.74) is 0.580.